The molecule has 0 saturated heterocycles. The van der Waals surface area contributed by atoms with Crippen molar-refractivity contribution in [2.45, 2.75) is 5.25 Å². The molecule has 2 heterocycles. The van der Waals surface area contributed by atoms with Gasteiger partial charge in [-0.3, -0.25) is 14.5 Å². The number of hydrogen-bond acceptors (Lipinski definition) is 6. The zero-order valence-corrected chi connectivity index (χ0v) is 24.8. The molecule has 41 heavy (non-hydrogen) atoms. The number of halogens is 1. The third kappa shape index (κ3) is 6.27. The number of ether oxygens (including phenoxy) is 1. The summed E-state index contributed by atoms with van der Waals surface area (Å²) in [7, 11) is 5.51. The average Bonchev–Trinajstić information content (AvgIpc) is 3.31. The summed E-state index contributed by atoms with van der Waals surface area (Å²) in [5.41, 5.74) is 4.08. The summed E-state index contributed by atoms with van der Waals surface area (Å²) in [6, 6.07) is 25.0. The molecule has 0 aliphatic carbocycles. The van der Waals surface area contributed by atoms with Gasteiger partial charge in [0.25, 0.3) is 0 Å². The SMILES string of the molecule is COc1ccc(-n2nc(-c3ccccc3)c3c2N(CC(=O)NCCN(C)C)C(=O)CSC3c2ccccc2Cl)cc1. The van der Waals surface area contributed by atoms with Crippen molar-refractivity contribution in [2.24, 2.45) is 0 Å². The zero-order valence-electron chi connectivity index (χ0n) is 23.2. The van der Waals surface area contributed by atoms with E-state index in [0.717, 1.165) is 28.1 Å². The lowest BCUT2D eigenvalue weighted by molar-refractivity contribution is -0.122. The second-order valence-electron chi connectivity index (χ2n) is 9.91. The third-order valence-electron chi connectivity index (χ3n) is 6.82. The summed E-state index contributed by atoms with van der Waals surface area (Å²) < 4.78 is 7.14. The number of anilines is 1. The van der Waals surface area contributed by atoms with Crippen LogP contribution in [-0.4, -0.2) is 73.1 Å². The first-order valence-corrected chi connectivity index (χ1v) is 14.7. The number of carbonyl (C=O) groups excluding carboxylic acids is 2. The smallest absolute Gasteiger partial charge is 0.240 e. The highest BCUT2D eigenvalue weighted by Gasteiger charge is 2.38. The maximum atomic E-state index is 13.8. The lowest BCUT2D eigenvalue weighted by Gasteiger charge is -2.23. The number of nitrogens with one attached hydrogen (secondary N) is 1. The van der Waals surface area contributed by atoms with Gasteiger partial charge in [0.2, 0.25) is 11.8 Å². The molecule has 1 aliphatic rings. The van der Waals surface area contributed by atoms with Gasteiger partial charge in [0, 0.05) is 29.2 Å². The van der Waals surface area contributed by atoms with Gasteiger partial charge >= 0.3 is 0 Å². The lowest BCUT2D eigenvalue weighted by atomic mass is 9.99. The number of carbonyl (C=O) groups is 2. The maximum Gasteiger partial charge on any atom is 0.240 e. The van der Waals surface area contributed by atoms with Crippen molar-refractivity contribution in [1.82, 2.24) is 20.0 Å². The first kappa shape index (κ1) is 28.7. The number of nitrogens with zero attached hydrogens (tertiary/aromatic N) is 4. The molecule has 3 aromatic carbocycles. The number of benzene rings is 3. The first-order valence-electron chi connectivity index (χ1n) is 13.3. The molecule has 0 radical (unpaired) electrons. The number of likely N-dealkylation sites (N-methyl/N-ethyl adjacent to an activating group) is 1. The van der Waals surface area contributed by atoms with E-state index in [1.807, 2.05) is 97.9 Å². The Hall–Kier alpha value is -3.79. The Kier molecular flexibility index (Phi) is 8.97. The first-order chi connectivity index (χ1) is 19.9. The van der Waals surface area contributed by atoms with Gasteiger partial charge in [-0.1, -0.05) is 60.1 Å². The Morgan fingerprint density at radius 1 is 1.07 bits per heavy atom. The molecular formula is C31H32ClN5O3S. The Balaban J connectivity index is 1.73. The highest BCUT2D eigenvalue weighted by molar-refractivity contribution is 8.00. The van der Waals surface area contributed by atoms with Crippen LogP contribution in [0.25, 0.3) is 16.9 Å². The lowest BCUT2D eigenvalue weighted by Crippen LogP contribution is -2.43. The molecule has 212 valence electrons. The van der Waals surface area contributed by atoms with E-state index in [-0.39, 0.29) is 29.4 Å². The van der Waals surface area contributed by atoms with Crippen LogP contribution >= 0.6 is 23.4 Å². The minimum atomic E-state index is -0.299. The fourth-order valence-corrected chi connectivity index (χ4v) is 6.33. The van der Waals surface area contributed by atoms with Crippen LogP contribution in [0.15, 0.2) is 78.9 Å². The van der Waals surface area contributed by atoms with E-state index in [1.165, 1.54) is 11.8 Å². The van der Waals surface area contributed by atoms with Gasteiger partial charge in [-0.2, -0.15) is 5.10 Å². The van der Waals surface area contributed by atoms with Crippen LogP contribution in [0.3, 0.4) is 0 Å². The van der Waals surface area contributed by atoms with E-state index in [1.54, 1.807) is 16.7 Å². The average molecular weight is 590 g/mol. The van der Waals surface area contributed by atoms with Crippen LogP contribution in [0.1, 0.15) is 16.4 Å². The largest absolute Gasteiger partial charge is 0.497 e. The van der Waals surface area contributed by atoms with E-state index < -0.39 is 0 Å². The summed E-state index contributed by atoms with van der Waals surface area (Å²) in [6.45, 7) is 1.03. The molecule has 0 saturated carbocycles. The van der Waals surface area contributed by atoms with Crippen LogP contribution < -0.4 is 15.0 Å². The zero-order chi connectivity index (χ0) is 28.9. The number of thioether (sulfide) groups is 1. The van der Waals surface area contributed by atoms with Gasteiger partial charge in [-0.25, -0.2) is 4.68 Å². The number of amides is 2. The molecule has 0 bridgehead atoms. The molecule has 2 amide bonds. The Bertz CT molecular complexity index is 1520. The second-order valence-corrected chi connectivity index (χ2v) is 11.4. The van der Waals surface area contributed by atoms with Crippen molar-refractivity contribution in [3.63, 3.8) is 0 Å². The highest BCUT2D eigenvalue weighted by Crippen LogP contribution is 2.49. The number of hydrogen-bond donors (Lipinski definition) is 1. The van der Waals surface area contributed by atoms with E-state index in [9.17, 15) is 9.59 Å². The van der Waals surface area contributed by atoms with Crippen LogP contribution in [0.4, 0.5) is 5.82 Å². The van der Waals surface area contributed by atoms with E-state index in [0.29, 0.717) is 29.7 Å². The van der Waals surface area contributed by atoms with Gasteiger partial charge in [0.05, 0.1) is 29.5 Å². The summed E-state index contributed by atoms with van der Waals surface area (Å²) in [5, 5.41) is 8.36. The predicted molar refractivity (Wildman–Crippen MR) is 165 cm³/mol. The number of aromatic nitrogens is 2. The Labute approximate surface area is 249 Å². The molecule has 1 atom stereocenters. The molecule has 8 nitrogen and oxygen atoms in total. The molecule has 4 aromatic rings. The minimum Gasteiger partial charge on any atom is -0.497 e. The monoisotopic (exact) mass is 589 g/mol. The number of rotatable bonds is 9. The van der Waals surface area contributed by atoms with Crippen LogP contribution in [-0.2, 0) is 9.59 Å². The van der Waals surface area contributed by atoms with Crippen molar-refractivity contribution in [1.29, 1.82) is 0 Å². The molecule has 0 spiro atoms. The fraction of sp³-hybridized carbons (Fsp3) is 0.258. The normalized spacial score (nSPS) is 15.0. The van der Waals surface area contributed by atoms with Crippen LogP contribution in [0.5, 0.6) is 5.75 Å². The third-order valence-corrected chi connectivity index (χ3v) is 8.40. The van der Waals surface area contributed by atoms with E-state index in [2.05, 4.69) is 5.32 Å². The molecular weight excluding hydrogens is 558 g/mol. The number of fused-ring (bicyclic) bond motifs is 1. The summed E-state index contributed by atoms with van der Waals surface area (Å²) in [6.07, 6.45) is 0. The standard InChI is InChI=1S/C31H32ClN5O3S/c1-35(2)18-17-33-26(38)19-36-27(39)20-41-30(24-11-7-8-12-25(24)32)28-29(21-9-5-4-6-10-21)34-37(31(28)36)22-13-15-23(40-3)16-14-22/h4-16,30H,17-20H2,1-3H3,(H,33,38). The Morgan fingerprint density at radius 3 is 2.46 bits per heavy atom. The predicted octanol–water partition coefficient (Wildman–Crippen LogP) is 5.05. The second kappa shape index (κ2) is 12.8. The molecule has 1 aromatic heterocycles. The topological polar surface area (TPSA) is 79.7 Å². The maximum absolute atomic E-state index is 13.8. The van der Waals surface area contributed by atoms with Gasteiger partial charge in [0.1, 0.15) is 18.1 Å². The Morgan fingerprint density at radius 2 is 1.78 bits per heavy atom. The van der Waals surface area contributed by atoms with Gasteiger partial charge in [-0.15, -0.1) is 11.8 Å². The van der Waals surface area contributed by atoms with Crippen molar-refractivity contribution < 1.29 is 14.3 Å². The molecule has 1 N–H and O–H groups in total. The fourth-order valence-electron chi connectivity index (χ4n) is 4.78. The van der Waals surface area contributed by atoms with Gasteiger partial charge in [-0.05, 0) is 50.0 Å². The van der Waals surface area contributed by atoms with Crippen molar-refractivity contribution in [3.05, 3.63) is 95.0 Å². The summed E-state index contributed by atoms with van der Waals surface area (Å²) in [5.74, 6) is 1.01. The summed E-state index contributed by atoms with van der Waals surface area (Å²) >= 11 is 8.24. The van der Waals surface area contributed by atoms with Crippen molar-refractivity contribution in [3.8, 4) is 22.7 Å². The van der Waals surface area contributed by atoms with Gasteiger partial charge in [0.15, 0.2) is 0 Å². The molecule has 0 fully saturated rings. The highest BCUT2D eigenvalue weighted by atomic mass is 35.5. The quantitative estimate of drug-likeness (QED) is 0.294. The van der Waals surface area contributed by atoms with Gasteiger partial charge < -0.3 is 15.0 Å². The summed E-state index contributed by atoms with van der Waals surface area (Å²) in [4.78, 5) is 30.5. The molecule has 1 unspecified atom stereocenters. The number of methoxy groups -OCH3 is 1. The van der Waals surface area contributed by atoms with Crippen LogP contribution in [0.2, 0.25) is 5.02 Å². The van der Waals surface area contributed by atoms with Crippen LogP contribution in [0, 0.1) is 0 Å². The minimum absolute atomic E-state index is 0.134. The van der Waals surface area contributed by atoms with E-state index in [4.69, 9.17) is 21.4 Å². The molecule has 10 heteroatoms. The van der Waals surface area contributed by atoms with Crippen molar-refractivity contribution in [2.75, 3.05) is 51.5 Å². The van der Waals surface area contributed by atoms with Crippen molar-refractivity contribution >= 4 is 41.0 Å². The molecule has 1 aliphatic heterocycles. The molecule has 5 rings (SSSR count). The van der Waals surface area contributed by atoms with E-state index >= 15 is 0 Å².